The number of methoxy groups -OCH3 is 2. The number of nitrogens with one attached hydrogen (secondary N) is 6. The first kappa shape index (κ1) is 101. The molecule has 110 heavy (non-hydrogen) atoms. The fourth-order valence-corrected chi connectivity index (χ4v) is 10.7. The van der Waals surface area contributed by atoms with Gasteiger partial charge in [0.05, 0.1) is 75.3 Å². The second-order valence-electron chi connectivity index (χ2n) is 27.4. The maximum atomic E-state index is 14.1. The summed E-state index contributed by atoms with van der Waals surface area (Å²) >= 11 is 0. The lowest BCUT2D eigenvalue weighted by Crippen LogP contribution is -2.48. The monoisotopic (exact) mass is 1560 g/mol. The molecule has 0 radical (unpaired) electrons. The molecule has 0 saturated carbocycles. The topological polar surface area (TPSA) is 499 Å². The quantitative estimate of drug-likeness (QED) is 0.0168. The number of carboxylic acids is 2. The molecule has 0 aromatic heterocycles. The van der Waals surface area contributed by atoms with E-state index < -0.39 is 162 Å². The molecule has 0 heterocycles. The van der Waals surface area contributed by atoms with E-state index in [-0.39, 0.29) is 140 Å². The van der Waals surface area contributed by atoms with Crippen LogP contribution in [0.25, 0.3) is 0 Å². The zero-order valence-electron chi connectivity index (χ0n) is 65.0. The number of ketones is 7. The molecule has 2 aromatic rings. The van der Waals surface area contributed by atoms with Gasteiger partial charge in [-0.1, -0.05) is 88.4 Å². The van der Waals surface area contributed by atoms with Crippen molar-refractivity contribution < 1.29 is 131 Å². The first-order valence-electron chi connectivity index (χ1n) is 36.7. The van der Waals surface area contributed by atoms with Gasteiger partial charge in [-0.15, -0.1) is 0 Å². The van der Waals surface area contributed by atoms with Gasteiger partial charge >= 0.3 is 23.9 Å². The third kappa shape index (κ3) is 50.3. The Morgan fingerprint density at radius 1 is 0.373 bits per heavy atom. The number of rotatable bonds is 58. The second-order valence-corrected chi connectivity index (χ2v) is 27.4. The predicted octanol–water partition coefficient (Wildman–Crippen LogP) is 5.53. The minimum absolute atomic E-state index is 0.00661. The summed E-state index contributed by atoms with van der Waals surface area (Å²) < 4.78 is 31.5. The lowest BCUT2D eigenvalue weighted by molar-refractivity contribution is -0.147. The summed E-state index contributed by atoms with van der Waals surface area (Å²) in [5.74, 6) is -16.4. The van der Waals surface area contributed by atoms with Gasteiger partial charge in [-0.05, 0) is 102 Å². The van der Waals surface area contributed by atoms with Crippen LogP contribution in [0.1, 0.15) is 195 Å². The highest BCUT2D eigenvalue weighted by molar-refractivity contribution is 5.98. The Morgan fingerprint density at radius 2 is 0.691 bits per heavy atom. The molecule has 2 rings (SSSR count). The number of carboxylic acid groups (broad SMARTS) is 2. The minimum Gasteiger partial charge on any atom is -0.481 e. The van der Waals surface area contributed by atoms with Gasteiger partial charge in [-0.25, -0.2) is 11.0 Å². The molecule has 33 heteroatoms. The van der Waals surface area contributed by atoms with E-state index in [9.17, 15) is 91.7 Å². The summed E-state index contributed by atoms with van der Waals surface area (Å²) in [5.41, 5.74) is 4.41. The third-order valence-electron chi connectivity index (χ3n) is 16.3. The first-order valence-corrected chi connectivity index (χ1v) is 36.7. The number of benzene rings is 2. The number of ether oxygens (including phenoxy) is 6. The van der Waals surface area contributed by atoms with Crippen LogP contribution in [0.15, 0.2) is 60.7 Å². The van der Waals surface area contributed by atoms with Gasteiger partial charge < -0.3 is 74.3 Å². The van der Waals surface area contributed by atoms with Crippen molar-refractivity contribution >= 4 is 99.8 Å². The number of hydrogen-bond donors (Lipinski definition) is 10. The molecular formula is C77H116N6O27. The van der Waals surface area contributed by atoms with Crippen molar-refractivity contribution in [1.29, 1.82) is 0 Å². The number of aliphatic carboxylic acids is 2. The zero-order valence-corrected chi connectivity index (χ0v) is 65.0. The largest absolute Gasteiger partial charge is 0.481 e. The molecule has 33 nitrogen and oxygen atoms in total. The van der Waals surface area contributed by atoms with Gasteiger partial charge in [0.25, 0.3) is 0 Å². The lowest BCUT2D eigenvalue weighted by Gasteiger charge is -2.25. The van der Waals surface area contributed by atoms with Crippen LogP contribution in [0, 0.1) is 35.5 Å². The maximum absolute atomic E-state index is 14.1. The number of hydroxylamine groups is 2. The van der Waals surface area contributed by atoms with Crippen molar-refractivity contribution in [2.24, 2.45) is 35.5 Å². The molecule has 8 atom stereocenters. The third-order valence-corrected chi connectivity index (χ3v) is 16.3. The van der Waals surface area contributed by atoms with E-state index in [2.05, 4.69) is 21.3 Å². The number of Topliss-reactive ketones (excluding diaryl/α,β-unsaturated/α-hetero) is 7. The summed E-state index contributed by atoms with van der Waals surface area (Å²) in [6.07, 6.45) is -3.96. The highest BCUT2D eigenvalue weighted by Gasteiger charge is 2.36. The van der Waals surface area contributed by atoms with E-state index in [1.807, 2.05) is 26.0 Å². The van der Waals surface area contributed by atoms with E-state index >= 15 is 0 Å². The highest BCUT2D eigenvalue weighted by atomic mass is 16.5. The van der Waals surface area contributed by atoms with Crippen molar-refractivity contribution in [2.75, 3.05) is 53.9 Å². The number of carbonyl (C=O) groups is 17. The van der Waals surface area contributed by atoms with Gasteiger partial charge in [0, 0.05) is 103 Å². The van der Waals surface area contributed by atoms with E-state index in [0.29, 0.717) is 39.3 Å². The van der Waals surface area contributed by atoms with Crippen molar-refractivity contribution in [3.05, 3.63) is 71.8 Å². The number of hydrogen-bond acceptors (Lipinski definition) is 25. The molecule has 2 aromatic carbocycles. The first-order chi connectivity index (χ1) is 52.0. The molecule has 0 fully saturated rings. The van der Waals surface area contributed by atoms with E-state index in [1.54, 1.807) is 62.4 Å². The summed E-state index contributed by atoms with van der Waals surface area (Å²) in [4.78, 5) is 213. The molecule has 0 aliphatic carbocycles. The van der Waals surface area contributed by atoms with Crippen LogP contribution in [-0.4, -0.2) is 198 Å². The molecule has 616 valence electrons. The molecule has 0 saturated heterocycles. The molecule has 6 amide bonds. The maximum Gasteiger partial charge on any atom is 0.306 e. The zero-order chi connectivity index (χ0) is 83.1. The Hall–Kier alpha value is -9.41. The fraction of sp³-hybridized carbons (Fsp3) is 0.623. The van der Waals surface area contributed by atoms with Crippen LogP contribution in [0.4, 0.5) is 0 Å². The SMILES string of the molecule is CC(C)=O.COCCOCCCC(=O)[C@@H](CCC(=O)NO)NC(=O)[C@H](CCC(=O)NO)CC(=O)[C@@H](CC(C)C)NC(=O)[C@@H](CC(C)=O)CC(=O)O.COCCOCCCC(=O)[C@@H](CCC(=O)OCc1ccccc1)NC(=O)[C@H](CCC(=O)OCc1ccccc1)CC(=O)[C@@H](CC(C)C)NC(=O)[C@@H](CC(C)=O)CC(=O)O. The van der Waals surface area contributed by atoms with Crippen LogP contribution < -0.4 is 32.2 Å². The van der Waals surface area contributed by atoms with Crippen molar-refractivity contribution in [3.63, 3.8) is 0 Å². The number of carbonyl (C=O) groups excluding carboxylic acids is 15. The Labute approximate surface area is 642 Å². The van der Waals surface area contributed by atoms with Gasteiger partial charge in [0.1, 0.15) is 30.6 Å². The van der Waals surface area contributed by atoms with Crippen LogP contribution >= 0.6 is 0 Å². The normalized spacial score (nSPS) is 13.0. The summed E-state index contributed by atoms with van der Waals surface area (Å²) in [5, 5.41) is 46.8. The fourth-order valence-electron chi connectivity index (χ4n) is 10.7. The van der Waals surface area contributed by atoms with Crippen LogP contribution in [0.2, 0.25) is 0 Å². The smallest absolute Gasteiger partial charge is 0.306 e. The Balaban J connectivity index is 0.00000211. The number of amides is 6. The summed E-state index contributed by atoms with van der Waals surface area (Å²) in [6.45, 7) is 14.5. The van der Waals surface area contributed by atoms with E-state index in [0.717, 1.165) is 11.1 Å². The Morgan fingerprint density at radius 3 is 1.02 bits per heavy atom. The van der Waals surface area contributed by atoms with Crippen molar-refractivity contribution in [2.45, 2.75) is 221 Å². The Bertz CT molecular complexity index is 3190. The predicted molar refractivity (Wildman–Crippen MR) is 394 cm³/mol. The highest BCUT2D eigenvalue weighted by Crippen LogP contribution is 2.23. The molecule has 10 N–H and O–H groups in total. The van der Waals surface area contributed by atoms with Gasteiger partial charge in [-0.3, -0.25) is 77.5 Å². The van der Waals surface area contributed by atoms with Crippen molar-refractivity contribution in [3.8, 4) is 0 Å². The molecule has 0 aliphatic rings. The minimum atomic E-state index is -1.31. The van der Waals surface area contributed by atoms with Crippen LogP contribution in [0.5, 0.6) is 0 Å². The van der Waals surface area contributed by atoms with Crippen LogP contribution in [-0.2, 0) is 123 Å². The molecule has 0 bridgehead atoms. The lowest BCUT2D eigenvalue weighted by atomic mass is 9.89. The van der Waals surface area contributed by atoms with E-state index in [1.165, 1.54) is 52.9 Å². The van der Waals surface area contributed by atoms with Crippen LogP contribution in [0.3, 0.4) is 0 Å². The van der Waals surface area contributed by atoms with Crippen molar-refractivity contribution in [1.82, 2.24) is 32.2 Å². The molecule has 0 aliphatic heterocycles. The average molecular weight is 1560 g/mol. The second kappa shape index (κ2) is 59.5. The molecular weight excluding hydrogens is 1440 g/mol. The standard InChI is InChI=1S/C44H60N2O13.C30H50N4O13.C3H6O/c1-30(2)24-37(46-44(55)35(25-31(3)47)27-40(50)51)39(49)26-34(17-19-41(52)58-28-32-12-7-5-8-13-32)43(54)45-36(38(48)16-11-21-57-23-22-56-4)18-20-42(53)59-29-33-14-9-6-10-15-33;1-18(2)14-23(32-30(43)21(15-19(3)35)17-28(40)41)25(37)16-20(7-9-26(38)33-44)29(42)31-22(8-10-27(39)34-45)24(36)6-5-11-47-13-12-46-4;1-3(2)4/h5-10,12-15,30,34-37H,11,16-29H2,1-4H3,(H,45,54)(H,46,55)(H,50,51);18,20-23,44-45H,5-17H2,1-4H3,(H,31,42)(H,32,43)(H,33,38)(H,34,39)(H,40,41);1-2H3/t34-,35+,36-,37-;20-,21+,22-,23-;/m11./s1. The van der Waals surface area contributed by atoms with Gasteiger partial charge in [0.2, 0.25) is 35.4 Å². The Kier molecular flexibility index (Phi) is 54.4. The van der Waals surface area contributed by atoms with Gasteiger partial charge in [0.15, 0.2) is 23.1 Å². The summed E-state index contributed by atoms with van der Waals surface area (Å²) in [7, 11) is 3.05. The average Bonchev–Trinajstić information content (AvgIpc) is 0.862. The summed E-state index contributed by atoms with van der Waals surface area (Å²) in [6, 6.07) is 13.3. The molecule has 0 spiro atoms. The van der Waals surface area contributed by atoms with E-state index in [4.69, 9.17) is 38.8 Å². The van der Waals surface area contributed by atoms with Gasteiger partial charge in [-0.2, -0.15) is 0 Å². The number of esters is 2. The molecule has 0 unspecified atom stereocenters.